The summed E-state index contributed by atoms with van der Waals surface area (Å²) >= 11 is 5.74. The van der Waals surface area contributed by atoms with Crippen molar-refractivity contribution in [2.24, 2.45) is 0 Å². The standard InChI is InChI=1S/C14H17ClN2O4/c15-9-3-4-11(12(16)6-9)14(19)21-8-13(18)17-7-10-2-1-5-20-10/h3-4,6,10H,1-2,5,7-8,16H2,(H,17,18)/t10-/m0/s1. The van der Waals surface area contributed by atoms with Crippen LogP contribution in [0.15, 0.2) is 18.2 Å². The number of hydrogen-bond donors (Lipinski definition) is 2. The summed E-state index contributed by atoms with van der Waals surface area (Å²) in [7, 11) is 0. The highest BCUT2D eigenvalue weighted by Gasteiger charge is 2.17. The van der Waals surface area contributed by atoms with Crippen LogP contribution >= 0.6 is 11.6 Å². The molecule has 1 atom stereocenters. The van der Waals surface area contributed by atoms with E-state index in [0.717, 1.165) is 19.4 Å². The minimum Gasteiger partial charge on any atom is -0.452 e. The van der Waals surface area contributed by atoms with E-state index in [2.05, 4.69) is 5.32 Å². The van der Waals surface area contributed by atoms with Crippen LogP contribution in [0.25, 0.3) is 0 Å². The van der Waals surface area contributed by atoms with Crippen molar-refractivity contribution in [1.82, 2.24) is 5.32 Å². The predicted octanol–water partition coefficient (Wildman–Crippen LogP) is 1.37. The monoisotopic (exact) mass is 312 g/mol. The molecule has 21 heavy (non-hydrogen) atoms. The molecule has 1 amide bonds. The number of amides is 1. The quantitative estimate of drug-likeness (QED) is 0.633. The highest BCUT2D eigenvalue weighted by Crippen LogP contribution is 2.18. The van der Waals surface area contributed by atoms with Gasteiger partial charge in [0, 0.05) is 23.9 Å². The molecule has 2 rings (SSSR count). The molecule has 1 aliphatic rings. The second-order valence-electron chi connectivity index (χ2n) is 4.75. The molecule has 0 bridgehead atoms. The van der Waals surface area contributed by atoms with E-state index in [-0.39, 0.29) is 29.9 Å². The van der Waals surface area contributed by atoms with Crippen LogP contribution in [-0.2, 0) is 14.3 Å². The average Bonchev–Trinajstić information content (AvgIpc) is 2.95. The van der Waals surface area contributed by atoms with Gasteiger partial charge in [-0.05, 0) is 31.0 Å². The fraction of sp³-hybridized carbons (Fsp3) is 0.429. The molecule has 3 N–H and O–H groups in total. The normalized spacial score (nSPS) is 17.5. The van der Waals surface area contributed by atoms with E-state index >= 15 is 0 Å². The zero-order valence-corrected chi connectivity index (χ0v) is 12.2. The summed E-state index contributed by atoms with van der Waals surface area (Å²) in [6.07, 6.45) is 1.99. The minimum atomic E-state index is -0.656. The second-order valence-corrected chi connectivity index (χ2v) is 5.18. The van der Waals surface area contributed by atoms with Gasteiger partial charge in [0.1, 0.15) is 0 Å². The zero-order chi connectivity index (χ0) is 15.2. The van der Waals surface area contributed by atoms with Crippen LogP contribution in [0.4, 0.5) is 5.69 Å². The highest BCUT2D eigenvalue weighted by molar-refractivity contribution is 6.31. The summed E-state index contributed by atoms with van der Waals surface area (Å²) in [5, 5.41) is 3.09. The number of rotatable bonds is 5. The average molecular weight is 313 g/mol. The lowest BCUT2D eigenvalue weighted by Crippen LogP contribution is -2.34. The smallest absolute Gasteiger partial charge is 0.340 e. The maximum absolute atomic E-state index is 11.8. The number of esters is 1. The lowest BCUT2D eigenvalue weighted by molar-refractivity contribution is -0.124. The van der Waals surface area contributed by atoms with E-state index in [4.69, 9.17) is 26.8 Å². The van der Waals surface area contributed by atoms with E-state index in [0.29, 0.717) is 11.6 Å². The van der Waals surface area contributed by atoms with Crippen LogP contribution in [0.3, 0.4) is 0 Å². The van der Waals surface area contributed by atoms with Crippen molar-refractivity contribution in [1.29, 1.82) is 0 Å². The van der Waals surface area contributed by atoms with Crippen LogP contribution in [0.5, 0.6) is 0 Å². The molecule has 1 heterocycles. The first-order valence-corrected chi connectivity index (χ1v) is 7.04. The van der Waals surface area contributed by atoms with Crippen molar-refractivity contribution in [3.8, 4) is 0 Å². The van der Waals surface area contributed by atoms with Gasteiger partial charge in [-0.15, -0.1) is 0 Å². The van der Waals surface area contributed by atoms with Gasteiger partial charge in [-0.25, -0.2) is 4.79 Å². The van der Waals surface area contributed by atoms with Crippen molar-refractivity contribution in [2.75, 3.05) is 25.5 Å². The van der Waals surface area contributed by atoms with Gasteiger partial charge in [0.05, 0.1) is 11.7 Å². The molecule has 1 fully saturated rings. The molecular weight excluding hydrogens is 296 g/mol. The number of hydrogen-bond acceptors (Lipinski definition) is 5. The fourth-order valence-corrected chi connectivity index (χ4v) is 2.19. The molecule has 0 aromatic heterocycles. The lowest BCUT2D eigenvalue weighted by atomic mass is 10.2. The number of ether oxygens (including phenoxy) is 2. The Balaban J connectivity index is 1.76. The van der Waals surface area contributed by atoms with Crippen LogP contribution in [0, 0.1) is 0 Å². The number of nitrogens with two attached hydrogens (primary N) is 1. The molecule has 0 radical (unpaired) electrons. The number of carbonyl (C=O) groups excluding carboxylic acids is 2. The molecule has 1 aromatic rings. The summed E-state index contributed by atoms with van der Waals surface area (Å²) in [4.78, 5) is 23.4. The Morgan fingerprint density at radius 3 is 2.95 bits per heavy atom. The molecular formula is C14H17ClN2O4. The predicted molar refractivity (Wildman–Crippen MR) is 78.1 cm³/mol. The van der Waals surface area contributed by atoms with Crippen molar-refractivity contribution in [3.05, 3.63) is 28.8 Å². The number of benzene rings is 1. The Kier molecular flexibility index (Phi) is 5.41. The number of halogens is 1. The number of nitrogens with one attached hydrogen (secondary N) is 1. The molecule has 0 saturated carbocycles. The van der Waals surface area contributed by atoms with Gasteiger partial charge in [0.15, 0.2) is 6.61 Å². The maximum atomic E-state index is 11.8. The number of nitrogen functional groups attached to an aromatic ring is 1. The first-order chi connectivity index (χ1) is 10.1. The van der Waals surface area contributed by atoms with Crippen LogP contribution < -0.4 is 11.1 Å². The third-order valence-corrected chi connectivity index (χ3v) is 3.35. The molecule has 114 valence electrons. The maximum Gasteiger partial charge on any atom is 0.340 e. The van der Waals surface area contributed by atoms with E-state index in [1.54, 1.807) is 0 Å². The first-order valence-electron chi connectivity index (χ1n) is 6.66. The summed E-state index contributed by atoms with van der Waals surface area (Å²) in [6.45, 7) is 0.804. The van der Waals surface area contributed by atoms with E-state index in [1.807, 2.05) is 0 Å². The molecule has 0 spiro atoms. The molecule has 7 heteroatoms. The van der Waals surface area contributed by atoms with Crippen molar-refractivity contribution in [3.63, 3.8) is 0 Å². The summed E-state index contributed by atoms with van der Waals surface area (Å²) in [5.41, 5.74) is 6.07. The third kappa shape index (κ3) is 4.61. The van der Waals surface area contributed by atoms with E-state index in [1.165, 1.54) is 18.2 Å². The van der Waals surface area contributed by atoms with Crippen molar-refractivity contribution < 1.29 is 19.1 Å². The van der Waals surface area contributed by atoms with Gasteiger partial charge >= 0.3 is 5.97 Å². The van der Waals surface area contributed by atoms with Crippen LogP contribution in [0.2, 0.25) is 5.02 Å². The van der Waals surface area contributed by atoms with E-state index < -0.39 is 5.97 Å². The zero-order valence-electron chi connectivity index (χ0n) is 11.4. The number of anilines is 1. The third-order valence-electron chi connectivity index (χ3n) is 3.12. The SMILES string of the molecule is Nc1cc(Cl)ccc1C(=O)OCC(=O)NC[C@@H]1CCCO1. The lowest BCUT2D eigenvalue weighted by Gasteiger charge is -2.11. The Morgan fingerprint density at radius 1 is 1.48 bits per heavy atom. The van der Waals surface area contributed by atoms with Gasteiger partial charge in [-0.3, -0.25) is 4.79 Å². The largest absolute Gasteiger partial charge is 0.452 e. The van der Waals surface area contributed by atoms with Crippen molar-refractivity contribution in [2.45, 2.75) is 18.9 Å². The van der Waals surface area contributed by atoms with Crippen LogP contribution in [0.1, 0.15) is 23.2 Å². The molecule has 0 aliphatic carbocycles. The molecule has 1 saturated heterocycles. The van der Waals surface area contributed by atoms with Gasteiger partial charge in [0.25, 0.3) is 5.91 Å². The Hall–Kier alpha value is -1.79. The summed E-state index contributed by atoms with van der Waals surface area (Å²) < 4.78 is 10.3. The highest BCUT2D eigenvalue weighted by atomic mass is 35.5. The summed E-state index contributed by atoms with van der Waals surface area (Å²) in [5.74, 6) is -1.03. The molecule has 1 aliphatic heterocycles. The van der Waals surface area contributed by atoms with Gasteiger partial charge in [-0.2, -0.15) is 0 Å². The number of carbonyl (C=O) groups is 2. The minimum absolute atomic E-state index is 0.0524. The Bertz CT molecular complexity index is 530. The summed E-state index contributed by atoms with van der Waals surface area (Å²) in [6, 6.07) is 4.45. The Labute approximate surface area is 127 Å². The second kappa shape index (κ2) is 7.28. The van der Waals surface area contributed by atoms with Crippen molar-refractivity contribution >= 4 is 29.2 Å². The van der Waals surface area contributed by atoms with Gasteiger partial charge < -0.3 is 20.5 Å². The van der Waals surface area contributed by atoms with E-state index in [9.17, 15) is 9.59 Å². The fourth-order valence-electron chi connectivity index (χ4n) is 2.01. The molecule has 1 aromatic carbocycles. The Morgan fingerprint density at radius 2 is 2.29 bits per heavy atom. The first kappa shape index (κ1) is 15.6. The topological polar surface area (TPSA) is 90.7 Å². The molecule has 6 nitrogen and oxygen atoms in total. The van der Waals surface area contributed by atoms with Crippen LogP contribution in [-0.4, -0.2) is 37.7 Å². The molecule has 0 unspecified atom stereocenters. The van der Waals surface area contributed by atoms with Gasteiger partial charge in [0.2, 0.25) is 0 Å². The van der Waals surface area contributed by atoms with Gasteiger partial charge in [-0.1, -0.05) is 11.6 Å².